The van der Waals surface area contributed by atoms with Crippen molar-refractivity contribution in [1.82, 2.24) is 5.32 Å². The van der Waals surface area contributed by atoms with Crippen molar-refractivity contribution in [3.8, 4) is 0 Å². The maximum absolute atomic E-state index is 10.9. The van der Waals surface area contributed by atoms with Gasteiger partial charge in [0.2, 0.25) is 0 Å². The summed E-state index contributed by atoms with van der Waals surface area (Å²) in [5, 5.41) is 2.87. The van der Waals surface area contributed by atoms with Gasteiger partial charge in [-0.15, -0.1) is 0 Å². The summed E-state index contributed by atoms with van der Waals surface area (Å²) in [4.78, 5) is 10.9. The highest BCUT2D eigenvalue weighted by Gasteiger charge is 1.99. The molecule has 0 atom stereocenters. The number of likely N-dealkylation sites (N-methyl/N-ethyl adjacent to an activating group) is 1. The molecule has 0 unspecified atom stereocenters. The summed E-state index contributed by atoms with van der Waals surface area (Å²) in [6.45, 7) is 4.76. The Morgan fingerprint density at radius 1 is 1.21 bits per heavy atom. The largest absolute Gasteiger partial charge is 0.462 e. The van der Waals surface area contributed by atoms with Gasteiger partial charge in [0.05, 0.1) is 26.4 Å². The van der Waals surface area contributed by atoms with Gasteiger partial charge in [0.1, 0.15) is 6.61 Å². The quantitative estimate of drug-likeness (QED) is 0.417. The molecule has 14 heavy (non-hydrogen) atoms. The normalized spacial score (nSPS) is 10.1. The van der Waals surface area contributed by atoms with Crippen LogP contribution in [0.15, 0.2) is 0 Å². The van der Waals surface area contributed by atoms with Crippen LogP contribution in [0.5, 0.6) is 0 Å². The van der Waals surface area contributed by atoms with Crippen LogP contribution in [-0.4, -0.2) is 52.6 Å². The molecule has 0 amide bonds. The average Bonchev–Trinajstić information content (AvgIpc) is 2.20. The first-order valence-electron chi connectivity index (χ1n) is 4.74. The molecule has 0 spiro atoms. The average molecular weight is 205 g/mol. The zero-order valence-electron chi connectivity index (χ0n) is 8.88. The van der Waals surface area contributed by atoms with Crippen LogP contribution in [0.3, 0.4) is 0 Å². The Balaban J connectivity index is 3.07. The van der Waals surface area contributed by atoms with Crippen LogP contribution in [0.1, 0.15) is 6.92 Å². The van der Waals surface area contributed by atoms with E-state index >= 15 is 0 Å². The first-order valence-corrected chi connectivity index (χ1v) is 4.74. The van der Waals surface area contributed by atoms with Crippen molar-refractivity contribution in [3.05, 3.63) is 0 Å². The second kappa shape index (κ2) is 10.4. The Kier molecular flexibility index (Phi) is 9.95. The summed E-state index contributed by atoms with van der Waals surface area (Å²) in [6, 6.07) is 0. The fourth-order valence-electron chi connectivity index (χ4n) is 0.737. The zero-order chi connectivity index (χ0) is 10.6. The van der Waals surface area contributed by atoms with E-state index in [0.717, 1.165) is 6.54 Å². The number of carbonyl (C=O) groups excluding carboxylic acids is 1. The number of rotatable bonds is 9. The van der Waals surface area contributed by atoms with Crippen LogP contribution in [0, 0.1) is 0 Å². The van der Waals surface area contributed by atoms with Crippen LogP contribution in [-0.2, 0) is 19.0 Å². The second-order valence-electron chi connectivity index (χ2n) is 2.61. The number of hydrogen-bond acceptors (Lipinski definition) is 5. The Morgan fingerprint density at radius 2 is 1.93 bits per heavy atom. The van der Waals surface area contributed by atoms with Crippen LogP contribution >= 0.6 is 0 Å². The minimum absolute atomic E-state index is 0.248. The molecule has 5 heteroatoms. The van der Waals surface area contributed by atoms with Gasteiger partial charge in [-0.2, -0.15) is 0 Å². The van der Waals surface area contributed by atoms with E-state index in [1.807, 2.05) is 6.92 Å². The highest BCUT2D eigenvalue weighted by molar-refractivity contribution is 5.71. The summed E-state index contributed by atoms with van der Waals surface area (Å²) in [5.74, 6) is -0.248. The third-order valence-electron chi connectivity index (χ3n) is 1.44. The fourth-order valence-corrected chi connectivity index (χ4v) is 0.737. The topological polar surface area (TPSA) is 56.8 Å². The van der Waals surface area contributed by atoms with Gasteiger partial charge in [0.15, 0.2) is 0 Å². The molecule has 0 aromatic heterocycles. The number of hydrogen-bond donors (Lipinski definition) is 1. The predicted octanol–water partition coefficient (Wildman–Crippen LogP) is -0.198. The highest BCUT2D eigenvalue weighted by Crippen LogP contribution is 1.80. The molecule has 0 heterocycles. The third-order valence-corrected chi connectivity index (χ3v) is 1.44. The molecule has 84 valence electrons. The van der Waals surface area contributed by atoms with Gasteiger partial charge in [-0.25, -0.2) is 0 Å². The lowest BCUT2D eigenvalue weighted by atomic mass is 10.6. The molecule has 1 N–H and O–H groups in total. The highest BCUT2D eigenvalue weighted by atomic mass is 16.6. The molecule has 0 aromatic rings. The summed E-state index contributed by atoms with van der Waals surface area (Å²) < 4.78 is 14.7. The summed E-state index contributed by atoms with van der Waals surface area (Å²) >= 11 is 0. The van der Waals surface area contributed by atoms with E-state index in [1.165, 1.54) is 0 Å². The Labute approximate surface area is 84.7 Å². The van der Waals surface area contributed by atoms with Crippen LogP contribution in [0.2, 0.25) is 0 Å². The van der Waals surface area contributed by atoms with Crippen LogP contribution in [0.4, 0.5) is 0 Å². The predicted molar refractivity (Wildman–Crippen MR) is 52.2 cm³/mol. The lowest BCUT2D eigenvalue weighted by Gasteiger charge is -2.05. The molecule has 0 saturated carbocycles. The van der Waals surface area contributed by atoms with E-state index in [-0.39, 0.29) is 12.5 Å². The molecular formula is C9H19NO4. The standard InChI is InChI=1S/C9H19NO4/c1-3-10-8-9(11)14-7-6-13-5-4-12-2/h10H,3-8H2,1-2H3. The molecule has 0 saturated heterocycles. The maximum atomic E-state index is 10.9. The van der Waals surface area contributed by atoms with E-state index < -0.39 is 0 Å². The number of ether oxygens (including phenoxy) is 3. The number of nitrogens with one attached hydrogen (secondary N) is 1. The number of carbonyl (C=O) groups is 1. The van der Waals surface area contributed by atoms with E-state index in [1.54, 1.807) is 7.11 Å². The van der Waals surface area contributed by atoms with Gasteiger partial charge in [0.25, 0.3) is 0 Å². The summed E-state index contributed by atoms with van der Waals surface area (Å²) in [7, 11) is 1.61. The Hall–Kier alpha value is -0.650. The fraction of sp³-hybridized carbons (Fsp3) is 0.889. The molecule has 0 bridgehead atoms. The molecule has 0 radical (unpaired) electrons. The Morgan fingerprint density at radius 3 is 2.57 bits per heavy atom. The Bertz CT molecular complexity index is 141. The lowest BCUT2D eigenvalue weighted by Crippen LogP contribution is -2.25. The zero-order valence-corrected chi connectivity index (χ0v) is 8.88. The number of methoxy groups -OCH3 is 1. The lowest BCUT2D eigenvalue weighted by molar-refractivity contribution is -0.144. The number of esters is 1. The minimum atomic E-state index is -0.248. The molecule has 0 fully saturated rings. The summed E-state index contributed by atoms with van der Waals surface area (Å²) in [6.07, 6.45) is 0. The molecule has 0 aliphatic carbocycles. The molecule has 0 rings (SSSR count). The minimum Gasteiger partial charge on any atom is -0.462 e. The third kappa shape index (κ3) is 9.44. The van der Waals surface area contributed by atoms with E-state index in [0.29, 0.717) is 26.4 Å². The first kappa shape index (κ1) is 13.4. The van der Waals surface area contributed by atoms with Crippen molar-refractivity contribution in [2.45, 2.75) is 6.92 Å². The SMILES string of the molecule is CCNCC(=O)OCCOCCOC. The molecular weight excluding hydrogens is 186 g/mol. The van der Waals surface area contributed by atoms with Gasteiger partial charge in [0, 0.05) is 7.11 Å². The second-order valence-corrected chi connectivity index (χ2v) is 2.61. The van der Waals surface area contributed by atoms with Gasteiger partial charge in [-0.3, -0.25) is 4.79 Å². The van der Waals surface area contributed by atoms with Crippen LogP contribution in [0.25, 0.3) is 0 Å². The monoisotopic (exact) mass is 205 g/mol. The van der Waals surface area contributed by atoms with E-state index in [9.17, 15) is 4.79 Å². The van der Waals surface area contributed by atoms with Gasteiger partial charge in [-0.05, 0) is 6.54 Å². The van der Waals surface area contributed by atoms with Crippen LogP contribution < -0.4 is 5.32 Å². The molecule has 0 aliphatic rings. The van der Waals surface area contributed by atoms with Crippen molar-refractivity contribution >= 4 is 5.97 Å². The van der Waals surface area contributed by atoms with Crippen molar-refractivity contribution in [2.24, 2.45) is 0 Å². The summed E-state index contributed by atoms with van der Waals surface area (Å²) in [5.41, 5.74) is 0. The maximum Gasteiger partial charge on any atom is 0.319 e. The van der Waals surface area contributed by atoms with E-state index in [2.05, 4.69) is 5.32 Å². The van der Waals surface area contributed by atoms with Crippen molar-refractivity contribution in [3.63, 3.8) is 0 Å². The van der Waals surface area contributed by atoms with Crippen molar-refractivity contribution < 1.29 is 19.0 Å². The van der Waals surface area contributed by atoms with Gasteiger partial charge in [-0.1, -0.05) is 6.92 Å². The van der Waals surface area contributed by atoms with Crippen molar-refractivity contribution in [2.75, 3.05) is 46.6 Å². The molecule has 0 aliphatic heterocycles. The van der Waals surface area contributed by atoms with E-state index in [4.69, 9.17) is 14.2 Å². The molecule has 0 aromatic carbocycles. The van der Waals surface area contributed by atoms with Gasteiger partial charge >= 0.3 is 5.97 Å². The van der Waals surface area contributed by atoms with Gasteiger partial charge < -0.3 is 19.5 Å². The smallest absolute Gasteiger partial charge is 0.319 e. The molecule has 5 nitrogen and oxygen atoms in total. The van der Waals surface area contributed by atoms with Crippen molar-refractivity contribution in [1.29, 1.82) is 0 Å². The first-order chi connectivity index (χ1) is 6.81.